The van der Waals surface area contributed by atoms with Crippen LogP contribution in [0.25, 0.3) is 0 Å². The Hall–Kier alpha value is -5.41. The minimum absolute atomic E-state index is 0.0535. The molecule has 4 aliphatic heterocycles. The van der Waals surface area contributed by atoms with Gasteiger partial charge in [-0.1, -0.05) is 36.2 Å². The van der Waals surface area contributed by atoms with Crippen LogP contribution in [-0.2, 0) is 51.1 Å². The molecule has 4 aliphatic rings. The van der Waals surface area contributed by atoms with Gasteiger partial charge in [-0.05, 0) is 95.4 Å². The van der Waals surface area contributed by atoms with E-state index < -0.39 is 95.4 Å². The van der Waals surface area contributed by atoms with Crippen molar-refractivity contribution in [3.8, 4) is 0 Å². The van der Waals surface area contributed by atoms with Gasteiger partial charge in [0.05, 0.1) is 6.42 Å². The van der Waals surface area contributed by atoms with E-state index in [0.717, 1.165) is 23.3 Å². The maximum atomic E-state index is 14.7. The number of carbonyl (C=O) groups is 7. The maximum Gasteiger partial charge on any atom is 0.329 e. The van der Waals surface area contributed by atoms with Gasteiger partial charge in [-0.15, -0.1) is 0 Å². The van der Waals surface area contributed by atoms with Crippen LogP contribution in [0.5, 0.6) is 0 Å². The van der Waals surface area contributed by atoms with Gasteiger partial charge in [-0.3, -0.25) is 28.8 Å². The van der Waals surface area contributed by atoms with E-state index in [0.29, 0.717) is 37.3 Å². The number of hydrogen-bond donors (Lipinski definition) is 3. The third-order valence-electron chi connectivity index (χ3n) is 11.7. The van der Waals surface area contributed by atoms with E-state index in [9.17, 15) is 42.3 Å². The Labute approximate surface area is 342 Å². The normalized spacial score (nSPS) is 27.3. The summed E-state index contributed by atoms with van der Waals surface area (Å²) in [6, 6.07) is 1.33. The van der Waals surface area contributed by atoms with Gasteiger partial charge in [0, 0.05) is 32.1 Å². The first-order valence-corrected chi connectivity index (χ1v) is 20.5. The van der Waals surface area contributed by atoms with Crippen LogP contribution < -0.4 is 16.0 Å². The van der Waals surface area contributed by atoms with Gasteiger partial charge in [0.15, 0.2) is 0 Å². The highest BCUT2D eigenvalue weighted by Gasteiger charge is 2.47. The first-order valence-electron chi connectivity index (χ1n) is 20.5. The zero-order valence-electron chi connectivity index (χ0n) is 34.2. The molecule has 4 fully saturated rings. The molecule has 0 aromatic heterocycles. The number of nitrogens with one attached hydrogen (secondary N) is 3. The van der Waals surface area contributed by atoms with Crippen LogP contribution in [-0.4, -0.2) is 118 Å². The van der Waals surface area contributed by atoms with Crippen molar-refractivity contribution < 1.29 is 47.1 Å². The highest BCUT2D eigenvalue weighted by molar-refractivity contribution is 5.98. The molecule has 0 saturated carbocycles. The standard InChI is InChI=1S/C43H54F2N6O8/c1-23-13-24(2)15-28(14-23)20-36(52)47-32(19-29-17-30(44)21-31(45)18-29)38(53)48-37-27(5)59-43(58)35-16-25(3)22-51(35)40(55)26(4)46-39(54)33-9-6-7-11-49(33)41(56)34-10-8-12-50(34)42(37)57/h13-15,17-18,21,25-27,32-35,37H,6-12,16,19-20,22H2,1-5H3,(H,46,54)(H,47,52)(H,48,53)/t25-,26+,27+,32+,33+,34+,35+,37+/m1/s1. The minimum atomic E-state index is -1.60. The number of esters is 1. The van der Waals surface area contributed by atoms with Gasteiger partial charge in [-0.2, -0.15) is 0 Å². The Morgan fingerprint density at radius 3 is 2.12 bits per heavy atom. The van der Waals surface area contributed by atoms with Crippen LogP contribution in [0.3, 0.4) is 0 Å². The largest absolute Gasteiger partial charge is 0.458 e. The molecule has 6 amide bonds. The average molecular weight is 821 g/mol. The van der Waals surface area contributed by atoms with Gasteiger partial charge >= 0.3 is 5.97 Å². The zero-order valence-corrected chi connectivity index (χ0v) is 34.2. The number of cyclic esters (lactones) is 1. The molecule has 6 rings (SSSR count). The molecule has 2 aromatic carbocycles. The van der Waals surface area contributed by atoms with E-state index in [-0.39, 0.29) is 56.8 Å². The highest BCUT2D eigenvalue weighted by atomic mass is 19.1. The average Bonchev–Trinajstić information content (AvgIpc) is 3.82. The summed E-state index contributed by atoms with van der Waals surface area (Å²) >= 11 is 0. The summed E-state index contributed by atoms with van der Waals surface area (Å²) in [5.41, 5.74) is 2.57. The van der Waals surface area contributed by atoms with Gasteiger partial charge in [-0.25, -0.2) is 13.6 Å². The number of carbonyl (C=O) groups excluding carboxylic acids is 7. The van der Waals surface area contributed by atoms with E-state index in [1.54, 1.807) is 0 Å². The lowest BCUT2D eigenvalue weighted by Gasteiger charge is -2.39. The number of benzene rings is 2. The Morgan fingerprint density at radius 1 is 0.780 bits per heavy atom. The van der Waals surface area contributed by atoms with Crippen LogP contribution in [0.2, 0.25) is 0 Å². The van der Waals surface area contributed by atoms with E-state index in [4.69, 9.17) is 4.74 Å². The summed E-state index contributed by atoms with van der Waals surface area (Å²) in [5.74, 6) is -6.40. The molecule has 14 nitrogen and oxygen atoms in total. The number of piperidine rings is 1. The topological polar surface area (TPSA) is 175 Å². The molecule has 8 atom stereocenters. The van der Waals surface area contributed by atoms with Crippen molar-refractivity contribution in [1.82, 2.24) is 30.7 Å². The predicted molar refractivity (Wildman–Crippen MR) is 210 cm³/mol. The SMILES string of the molecule is Cc1cc(C)cc(CC(=O)N[C@@H](Cc2cc(F)cc(F)c2)C(=O)N[C@@H]2C(=O)N3CCC[C@H]3C(=O)N3CCCC[C@H]3C(=O)N[C@@H](C)C(=O)N3C[C@H](C)C[C@H]3C(=O)O[C@H]2C)c1. The summed E-state index contributed by atoms with van der Waals surface area (Å²) in [5, 5.41) is 8.12. The summed E-state index contributed by atoms with van der Waals surface area (Å²) in [6.45, 7) is 9.18. The lowest BCUT2D eigenvalue weighted by atomic mass is 9.99. The van der Waals surface area contributed by atoms with Crippen molar-refractivity contribution in [2.24, 2.45) is 5.92 Å². The number of fused-ring (bicyclic) bond motifs is 3. The first kappa shape index (κ1) is 43.2. The van der Waals surface area contributed by atoms with Crippen LogP contribution in [0.1, 0.15) is 81.5 Å². The van der Waals surface area contributed by atoms with Crippen molar-refractivity contribution in [2.45, 2.75) is 128 Å². The number of hydrogen-bond acceptors (Lipinski definition) is 8. The Balaban J connectivity index is 1.34. The molecule has 0 bridgehead atoms. The van der Waals surface area contributed by atoms with Crippen molar-refractivity contribution in [1.29, 1.82) is 0 Å². The smallest absolute Gasteiger partial charge is 0.329 e. The second-order valence-electron chi connectivity index (χ2n) is 16.7. The van der Waals surface area contributed by atoms with E-state index in [2.05, 4.69) is 16.0 Å². The van der Waals surface area contributed by atoms with Gasteiger partial charge in [0.25, 0.3) is 0 Å². The summed E-state index contributed by atoms with van der Waals surface area (Å²) in [6.07, 6.45) is 0.779. The first-order chi connectivity index (χ1) is 28.0. The van der Waals surface area contributed by atoms with E-state index in [1.807, 2.05) is 39.0 Å². The molecule has 0 aliphatic carbocycles. The van der Waals surface area contributed by atoms with Gasteiger partial charge in [0.1, 0.15) is 54.0 Å². The fourth-order valence-electron chi connectivity index (χ4n) is 9.00. The van der Waals surface area contributed by atoms with Crippen LogP contribution in [0, 0.1) is 31.4 Å². The molecule has 59 heavy (non-hydrogen) atoms. The van der Waals surface area contributed by atoms with Crippen molar-refractivity contribution in [3.63, 3.8) is 0 Å². The molecule has 0 unspecified atom stereocenters. The Bertz CT molecular complexity index is 1960. The van der Waals surface area contributed by atoms with Crippen molar-refractivity contribution >= 4 is 41.4 Å². The predicted octanol–water partition coefficient (Wildman–Crippen LogP) is 2.40. The second kappa shape index (κ2) is 18.2. The molecule has 318 valence electrons. The molecule has 0 radical (unpaired) electrons. The summed E-state index contributed by atoms with van der Waals surface area (Å²) in [7, 11) is 0. The molecular weight excluding hydrogens is 767 g/mol. The zero-order chi connectivity index (χ0) is 42.7. The molecule has 16 heteroatoms. The van der Waals surface area contributed by atoms with Crippen LogP contribution in [0.4, 0.5) is 8.78 Å². The Morgan fingerprint density at radius 2 is 1.42 bits per heavy atom. The fourth-order valence-corrected chi connectivity index (χ4v) is 9.00. The fraction of sp³-hybridized carbons (Fsp3) is 0.558. The summed E-state index contributed by atoms with van der Waals surface area (Å²) < 4.78 is 34.7. The monoisotopic (exact) mass is 820 g/mol. The number of amides is 6. The quantitative estimate of drug-likeness (QED) is 0.357. The lowest BCUT2D eigenvalue weighted by Crippen LogP contribution is -2.63. The molecule has 2 aromatic rings. The van der Waals surface area contributed by atoms with Crippen molar-refractivity contribution in [2.75, 3.05) is 19.6 Å². The second-order valence-corrected chi connectivity index (χ2v) is 16.7. The number of ether oxygens (including phenoxy) is 1. The third-order valence-corrected chi connectivity index (χ3v) is 11.7. The molecular formula is C43H54F2N6O8. The van der Waals surface area contributed by atoms with Crippen LogP contribution in [0.15, 0.2) is 36.4 Å². The summed E-state index contributed by atoms with van der Waals surface area (Å²) in [4.78, 5) is 103. The molecule has 4 saturated heterocycles. The maximum absolute atomic E-state index is 14.7. The minimum Gasteiger partial charge on any atom is -0.458 e. The van der Waals surface area contributed by atoms with E-state index in [1.165, 1.54) is 28.5 Å². The highest BCUT2D eigenvalue weighted by Crippen LogP contribution is 2.29. The van der Waals surface area contributed by atoms with Crippen molar-refractivity contribution in [3.05, 3.63) is 70.3 Å². The molecule has 3 N–H and O–H groups in total. The van der Waals surface area contributed by atoms with Gasteiger partial charge < -0.3 is 35.4 Å². The molecule has 4 heterocycles. The van der Waals surface area contributed by atoms with Crippen LogP contribution >= 0.6 is 0 Å². The number of halogens is 2. The third kappa shape index (κ3) is 10.1. The number of rotatable bonds is 7. The lowest BCUT2D eigenvalue weighted by molar-refractivity contribution is -0.163. The number of nitrogens with zero attached hydrogens (tertiary/aromatic N) is 3. The van der Waals surface area contributed by atoms with Gasteiger partial charge in [0.2, 0.25) is 35.4 Å². The molecule has 0 spiro atoms. The Kier molecular flexibility index (Phi) is 13.4. The van der Waals surface area contributed by atoms with E-state index >= 15 is 0 Å². The number of aryl methyl sites for hydroxylation is 2.